The maximum absolute atomic E-state index is 15.1. The quantitative estimate of drug-likeness (QED) is 0.326. The molecule has 7 nitrogen and oxygen atoms in total. The van der Waals surface area contributed by atoms with Crippen LogP contribution in [0.15, 0.2) is 64.7 Å². The van der Waals surface area contributed by atoms with Crippen LogP contribution in [0.4, 0.5) is 4.39 Å². The minimum Gasteiger partial charge on any atom is -0.394 e. The van der Waals surface area contributed by atoms with Crippen molar-refractivity contribution >= 4 is 29.1 Å². The molecule has 0 aromatic heterocycles. The molecule has 0 spiro atoms. The lowest BCUT2D eigenvalue weighted by Crippen LogP contribution is -2.31. The number of hydrogen-bond acceptors (Lipinski definition) is 5. The lowest BCUT2D eigenvalue weighted by Gasteiger charge is -2.26. The molecule has 1 saturated carbocycles. The van der Waals surface area contributed by atoms with E-state index in [4.69, 9.17) is 23.1 Å². The number of aliphatic hydroxyl groups excluding tert-OH is 1. The first kappa shape index (κ1) is 26.5. The lowest BCUT2D eigenvalue weighted by molar-refractivity contribution is 0.0912. The summed E-state index contributed by atoms with van der Waals surface area (Å²) in [4.78, 5) is 21.4. The molecular weight excluding hydrogens is 469 g/mol. The van der Waals surface area contributed by atoms with Gasteiger partial charge in [0.15, 0.2) is 0 Å². The lowest BCUT2D eigenvalue weighted by atomic mass is 9.85. The molecule has 1 amide bonds. The van der Waals surface area contributed by atoms with Gasteiger partial charge >= 0.3 is 0 Å². The molecule has 0 radical (unpaired) electrons. The highest BCUT2D eigenvalue weighted by Gasteiger charge is 2.23. The zero-order valence-corrected chi connectivity index (χ0v) is 20.4. The van der Waals surface area contributed by atoms with E-state index in [9.17, 15) is 9.90 Å². The van der Waals surface area contributed by atoms with Crippen LogP contribution in [0.3, 0.4) is 0 Å². The molecule has 1 atom stereocenters. The van der Waals surface area contributed by atoms with Gasteiger partial charge in [0.2, 0.25) is 0 Å². The van der Waals surface area contributed by atoms with Crippen LogP contribution >= 0.6 is 11.6 Å². The van der Waals surface area contributed by atoms with Crippen LogP contribution in [0, 0.1) is 11.7 Å². The van der Waals surface area contributed by atoms with Gasteiger partial charge in [-0.15, -0.1) is 0 Å². The summed E-state index contributed by atoms with van der Waals surface area (Å²) in [7, 11) is 1.52. The molecule has 0 aliphatic heterocycles. The monoisotopic (exact) mass is 499 g/mol. The van der Waals surface area contributed by atoms with E-state index in [1.54, 1.807) is 30.3 Å². The van der Waals surface area contributed by atoms with E-state index < -0.39 is 17.8 Å². The molecule has 186 valence electrons. The Morgan fingerprint density at radius 3 is 2.57 bits per heavy atom. The summed E-state index contributed by atoms with van der Waals surface area (Å²) in [5.74, 6) is -1.12. The standard InChI is InChI=1S/C26H31ClFN5O2/c1-15(16-6-9-20(29)10-7-16)32-24(25(30)31-2)18-8-11-21(22(28)13-18)26(35)33-23(14-34)17-4-3-5-19(27)12-17/h3-5,8,11-13,16,20,23,34H,1,6-7,9-10,14,29H2,2H3,(H2,30,31)(H,33,35)/b32-24-/t16-,20-,23-/m1/s1. The number of amidine groups is 1. The van der Waals surface area contributed by atoms with Gasteiger partial charge in [0.05, 0.1) is 18.2 Å². The molecule has 1 fully saturated rings. The fraction of sp³-hybridized carbons (Fsp3) is 0.346. The van der Waals surface area contributed by atoms with Crippen molar-refractivity contribution in [2.75, 3.05) is 13.7 Å². The highest BCUT2D eigenvalue weighted by molar-refractivity contribution is 6.47. The van der Waals surface area contributed by atoms with Crippen molar-refractivity contribution in [2.45, 2.75) is 37.8 Å². The van der Waals surface area contributed by atoms with Crippen LogP contribution in [0.2, 0.25) is 5.02 Å². The Kier molecular flexibility index (Phi) is 9.14. The third kappa shape index (κ3) is 6.75. The van der Waals surface area contributed by atoms with Gasteiger partial charge in [0, 0.05) is 35.3 Å². The Bertz CT molecular complexity index is 1140. The van der Waals surface area contributed by atoms with Crippen molar-refractivity contribution in [1.82, 2.24) is 5.32 Å². The predicted molar refractivity (Wildman–Crippen MR) is 138 cm³/mol. The molecular formula is C26H31ClFN5O2. The van der Waals surface area contributed by atoms with Gasteiger partial charge in [-0.1, -0.05) is 36.4 Å². The zero-order valence-electron chi connectivity index (χ0n) is 19.7. The first-order chi connectivity index (χ1) is 16.7. The number of benzene rings is 2. The Balaban J connectivity index is 1.83. The summed E-state index contributed by atoms with van der Waals surface area (Å²) in [6.07, 6.45) is 3.56. The summed E-state index contributed by atoms with van der Waals surface area (Å²) >= 11 is 6.00. The van der Waals surface area contributed by atoms with E-state index in [1.165, 1.54) is 19.2 Å². The van der Waals surface area contributed by atoms with Gasteiger partial charge in [-0.05, 0) is 55.5 Å². The summed E-state index contributed by atoms with van der Waals surface area (Å²) in [6, 6.07) is 10.3. The van der Waals surface area contributed by atoms with Gasteiger partial charge in [-0.2, -0.15) is 0 Å². The third-order valence-electron chi connectivity index (χ3n) is 6.21. The summed E-state index contributed by atoms with van der Waals surface area (Å²) in [5, 5.41) is 12.8. The average molecular weight is 500 g/mol. The Hall–Kier alpha value is -3.07. The summed E-state index contributed by atoms with van der Waals surface area (Å²) in [5.41, 5.74) is 13.8. The molecule has 35 heavy (non-hydrogen) atoms. The van der Waals surface area contributed by atoms with Crippen molar-refractivity contribution in [3.63, 3.8) is 0 Å². The zero-order chi connectivity index (χ0) is 25.5. The van der Waals surface area contributed by atoms with Crippen LogP contribution in [0.1, 0.15) is 53.2 Å². The van der Waals surface area contributed by atoms with Gasteiger partial charge < -0.3 is 21.9 Å². The fourth-order valence-electron chi connectivity index (χ4n) is 4.10. The van der Waals surface area contributed by atoms with E-state index in [1.807, 2.05) is 0 Å². The van der Waals surface area contributed by atoms with Gasteiger partial charge in [-0.3, -0.25) is 9.79 Å². The number of carbonyl (C=O) groups excluding carboxylic acids is 1. The minimum atomic E-state index is -0.756. The van der Waals surface area contributed by atoms with E-state index in [2.05, 4.69) is 21.9 Å². The largest absolute Gasteiger partial charge is 0.394 e. The maximum Gasteiger partial charge on any atom is 0.254 e. The molecule has 2 aromatic carbocycles. The SMILES string of the molecule is C=C(/N=C(\C(N)=N/C)c1ccc(C(=O)N[C@H](CO)c2cccc(Cl)c2)c(F)c1)[C@H]1CC[C@H](N)CC1. The number of carbonyl (C=O) groups is 1. The normalized spacial score (nSPS) is 19.8. The second-order valence-corrected chi connectivity index (χ2v) is 9.07. The second-order valence-electron chi connectivity index (χ2n) is 8.63. The van der Waals surface area contributed by atoms with Crippen LogP contribution in [0.25, 0.3) is 0 Å². The number of hydrogen-bond donors (Lipinski definition) is 4. The molecule has 0 saturated heterocycles. The number of nitrogens with one attached hydrogen (secondary N) is 1. The van der Waals surface area contributed by atoms with Crippen molar-refractivity contribution in [3.05, 3.63) is 82.3 Å². The number of aliphatic imine (C=N–C) groups is 2. The van der Waals surface area contributed by atoms with Crippen LogP contribution in [-0.2, 0) is 0 Å². The van der Waals surface area contributed by atoms with E-state index >= 15 is 4.39 Å². The number of allylic oxidation sites excluding steroid dienone is 1. The number of amides is 1. The maximum atomic E-state index is 15.1. The summed E-state index contributed by atoms with van der Waals surface area (Å²) in [6.45, 7) is 3.73. The first-order valence-corrected chi connectivity index (χ1v) is 11.8. The van der Waals surface area contributed by atoms with Crippen LogP contribution in [-0.4, -0.2) is 42.3 Å². The van der Waals surface area contributed by atoms with E-state index in [0.29, 0.717) is 27.6 Å². The van der Waals surface area contributed by atoms with Crippen molar-refractivity contribution in [2.24, 2.45) is 27.4 Å². The molecule has 0 bridgehead atoms. The highest BCUT2D eigenvalue weighted by Crippen LogP contribution is 2.29. The van der Waals surface area contributed by atoms with Crippen LogP contribution in [0.5, 0.6) is 0 Å². The minimum absolute atomic E-state index is 0.136. The second kappa shape index (κ2) is 12.1. The Morgan fingerprint density at radius 1 is 1.26 bits per heavy atom. The van der Waals surface area contributed by atoms with E-state index in [-0.39, 0.29) is 30.0 Å². The summed E-state index contributed by atoms with van der Waals surface area (Å²) < 4.78 is 15.1. The highest BCUT2D eigenvalue weighted by atomic mass is 35.5. The van der Waals surface area contributed by atoms with Gasteiger partial charge in [-0.25, -0.2) is 9.38 Å². The Morgan fingerprint density at radius 2 is 1.97 bits per heavy atom. The number of rotatable bonds is 8. The molecule has 2 aromatic rings. The third-order valence-corrected chi connectivity index (χ3v) is 6.44. The molecule has 3 rings (SSSR count). The van der Waals surface area contributed by atoms with Crippen molar-refractivity contribution in [3.8, 4) is 0 Å². The smallest absolute Gasteiger partial charge is 0.254 e. The molecule has 1 aliphatic carbocycles. The first-order valence-electron chi connectivity index (χ1n) is 11.5. The van der Waals surface area contributed by atoms with Crippen molar-refractivity contribution in [1.29, 1.82) is 0 Å². The van der Waals surface area contributed by atoms with Crippen molar-refractivity contribution < 1.29 is 14.3 Å². The molecule has 1 aliphatic rings. The van der Waals surface area contributed by atoms with Crippen LogP contribution < -0.4 is 16.8 Å². The number of nitrogens with zero attached hydrogens (tertiary/aromatic N) is 2. The molecule has 6 N–H and O–H groups in total. The number of halogens is 2. The predicted octanol–water partition coefficient (Wildman–Crippen LogP) is 3.75. The number of aliphatic hydroxyl groups is 1. The molecule has 0 heterocycles. The Labute approximate surface area is 209 Å². The molecule has 0 unspecified atom stereocenters. The number of nitrogens with two attached hydrogens (primary N) is 2. The topological polar surface area (TPSA) is 126 Å². The van der Waals surface area contributed by atoms with Gasteiger partial charge in [0.1, 0.15) is 17.4 Å². The molecule has 9 heteroatoms. The van der Waals surface area contributed by atoms with Gasteiger partial charge in [0.25, 0.3) is 5.91 Å². The fourth-order valence-corrected chi connectivity index (χ4v) is 4.30. The average Bonchev–Trinajstić information content (AvgIpc) is 2.85. The van der Waals surface area contributed by atoms with E-state index in [0.717, 1.165) is 25.7 Å².